The van der Waals surface area contributed by atoms with Gasteiger partial charge in [0.2, 0.25) is 6.79 Å². The van der Waals surface area contributed by atoms with Crippen LogP contribution in [0.15, 0.2) is 54.7 Å². The fraction of sp³-hybridized carbons (Fsp3) is 0.118. The smallest absolute Gasteiger partial charge is 0.360 e. The third-order valence-corrected chi connectivity index (χ3v) is 3.53. The molecule has 4 rings (SSSR count). The number of hydrogen-bond acceptors (Lipinski definition) is 6. The molecule has 0 radical (unpaired) electrons. The van der Waals surface area contributed by atoms with Gasteiger partial charge in [-0.15, -0.1) is 5.10 Å². The number of carbonyl (C=O) groups excluding carboxylic acids is 1. The van der Waals surface area contributed by atoms with E-state index >= 15 is 0 Å². The van der Waals surface area contributed by atoms with E-state index in [2.05, 4.69) is 10.3 Å². The largest absolute Gasteiger partial charge is 0.456 e. The van der Waals surface area contributed by atoms with E-state index in [1.807, 2.05) is 36.4 Å². The van der Waals surface area contributed by atoms with E-state index in [1.54, 1.807) is 12.1 Å². The lowest BCUT2D eigenvalue weighted by Crippen LogP contribution is -2.05. The molecule has 0 saturated carbocycles. The molecule has 0 fully saturated rings. The van der Waals surface area contributed by atoms with Gasteiger partial charge < -0.3 is 14.2 Å². The molecule has 120 valence electrons. The Hall–Kier alpha value is -3.35. The molecule has 0 saturated heterocycles. The maximum atomic E-state index is 12.1. The second-order valence-electron chi connectivity index (χ2n) is 5.15. The predicted molar refractivity (Wildman–Crippen MR) is 83.0 cm³/mol. The summed E-state index contributed by atoms with van der Waals surface area (Å²) in [5.41, 5.74) is 1.78. The van der Waals surface area contributed by atoms with Gasteiger partial charge in [-0.05, 0) is 29.8 Å². The van der Waals surface area contributed by atoms with Gasteiger partial charge in [-0.3, -0.25) is 0 Å². The molecule has 0 bridgehead atoms. The Morgan fingerprint density at radius 3 is 2.83 bits per heavy atom. The fourth-order valence-corrected chi connectivity index (χ4v) is 2.32. The van der Waals surface area contributed by atoms with Crippen molar-refractivity contribution in [2.45, 2.75) is 6.61 Å². The van der Waals surface area contributed by atoms with Gasteiger partial charge in [0.25, 0.3) is 0 Å². The van der Waals surface area contributed by atoms with Crippen LogP contribution in [0.25, 0.3) is 5.69 Å². The maximum Gasteiger partial charge on any atom is 0.360 e. The van der Waals surface area contributed by atoms with Crippen LogP contribution in [0.3, 0.4) is 0 Å². The van der Waals surface area contributed by atoms with Crippen LogP contribution >= 0.6 is 0 Å². The molecule has 7 nitrogen and oxygen atoms in total. The zero-order chi connectivity index (χ0) is 16.4. The quantitative estimate of drug-likeness (QED) is 0.686. The van der Waals surface area contributed by atoms with Crippen molar-refractivity contribution in [2.75, 3.05) is 6.79 Å². The van der Waals surface area contributed by atoms with Crippen LogP contribution in [0, 0.1) is 0 Å². The molecule has 0 atom stereocenters. The lowest BCUT2D eigenvalue weighted by atomic mass is 10.2. The molecule has 0 amide bonds. The molecular weight excluding hydrogens is 310 g/mol. The zero-order valence-corrected chi connectivity index (χ0v) is 12.6. The summed E-state index contributed by atoms with van der Waals surface area (Å²) in [6, 6.07) is 14.8. The summed E-state index contributed by atoms with van der Waals surface area (Å²) in [4.78, 5) is 12.1. The van der Waals surface area contributed by atoms with Crippen molar-refractivity contribution in [3.05, 3.63) is 66.0 Å². The van der Waals surface area contributed by atoms with Gasteiger partial charge in [-0.1, -0.05) is 29.5 Å². The van der Waals surface area contributed by atoms with Crippen molar-refractivity contribution in [1.82, 2.24) is 15.0 Å². The molecule has 1 aromatic heterocycles. The number of hydrogen-bond donors (Lipinski definition) is 0. The molecule has 0 unspecified atom stereocenters. The van der Waals surface area contributed by atoms with Crippen LogP contribution in [0.5, 0.6) is 11.5 Å². The molecule has 1 aliphatic heterocycles. The summed E-state index contributed by atoms with van der Waals surface area (Å²) < 4.78 is 17.3. The molecule has 3 aromatic rings. The first kappa shape index (κ1) is 14.3. The Labute approximate surface area is 137 Å². The van der Waals surface area contributed by atoms with Crippen molar-refractivity contribution in [3.63, 3.8) is 0 Å². The topological polar surface area (TPSA) is 75.5 Å². The minimum atomic E-state index is -0.533. The van der Waals surface area contributed by atoms with E-state index in [-0.39, 0.29) is 19.1 Å². The van der Waals surface area contributed by atoms with E-state index in [0.717, 1.165) is 11.3 Å². The molecule has 0 spiro atoms. The number of para-hydroxylation sites is 1. The average Bonchev–Trinajstić information content (AvgIpc) is 3.29. The fourth-order valence-electron chi connectivity index (χ4n) is 2.32. The van der Waals surface area contributed by atoms with Gasteiger partial charge >= 0.3 is 5.97 Å². The first-order valence-corrected chi connectivity index (χ1v) is 7.33. The van der Waals surface area contributed by atoms with Gasteiger partial charge in [0.1, 0.15) is 6.61 Å². The van der Waals surface area contributed by atoms with E-state index in [0.29, 0.717) is 11.5 Å². The van der Waals surface area contributed by atoms with Crippen LogP contribution < -0.4 is 9.47 Å². The van der Waals surface area contributed by atoms with Gasteiger partial charge in [0.15, 0.2) is 17.2 Å². The summed E-state index contributed by atoms with van der Waals surface area (Å²) in [7, 11) is 0. The summed E-state index contributed by atoms with van der Waals surface area (Å²) in [6.07, 6.45) is 1.54. The van der Waals surface area contributed by atoms with Crippen molar-refractivity contribution in [1.29, 1.82) is 0 Å². The molecular formula is C17H13N3O4. The number of ether oxygens (including phenoxy) is 3. The van der Waals surface area contributed by atoms with E-state index in [9.17, 15) is 4.79 Å². The molecule has 24 heavy (non-hydrogen) atoms. The third kappa shape index (κ3) is 2.79. The Bertz CT molecular complexity index is 877. The molecule has 0 N–H and O–H groups in total. The van der Waals surface area contributed by atoms with Crippen molar-refractivity contribution >= 4 is 5.97 Å². The van der Waals surface area contributed by atoms with Gasteiger partial charge in [-0.25, -0.2) is 9.48 Å². The number of fused-ring (bicyclic) bond motifs is 1. The standard InChI is InChI=1S/C17H13N3O4/c21-17(14-9-20(19-18-14)13-4-2-1-3-5-13)22-10-12-6-7-15-16(8-12)24-11-23-15/h1-9H,10-11H2. The van der Waals surface area contributed by atoms with Crippen LogP contribution in [0.2, 0.25) is 0 Å². The molecule has 0 aliphatic carbocycles. The number of rotatable bonds is 4. The highest BCUT2D eigenvalue weighted by Crippen LogP contribution is 2.32. The molecule has 2 heterocycles. The van der Waals surface area contributed by atoms with Crippen molar-refractivity contribution < 1.29 is 19.0 Å². The molecule has 1 aliphatic rings. The highest BCUT2D eigenvalue weighted by Gasteiger charge is 2.16. The number of carbonyl (C=O) groups is 1. The summed E-state index contributed by atoms with van der Waals surface area (Å²) in [5, 5.41) is 7.80. The number of aromatic nitrogens is 3. The Morgan fingerprint density at radius 1 is 1.12 bits per heavy atom. The highest BCUT2D eigenvalue weighted by atomic mass is 16.7. The van der Waals surface area contributed by atoms with Gasteiger partial charge in [0, 0.05) is 0 Å². The van der Waals surface area contributed by atoms with Crippen LogP contribution in [0.1, 0.15) is 16.1 Å². The second kappa shape index (κ2) is 6.04. The summed E-state index contributed by atoms with van der Waals surface area (Å²) in [6.45, 7) is 0.328. The van der Waals surface area contributed by atoms with Crippen LogP contribution in [-0.2, 0) is 11.3 Å². The minimum absolute atomic E-state index is 0.119. The van der Waals surface area contributed by atoms with Crippen LogP contribution in [0.4, 0.5) is 0 Å². The van der Waals surface area contributed by atoms with E-state index < -0.39 is 5.97 Å². The maximum absolute atomic E-state index is 12.1. The first-order valence-electron chi connectivity index (χ1n) is 7.33. The van der Waals surface area contributed by atoms with E-state index in [4.69, 9.17) is 14.2 Å². The van der Waals surface area contributed by atoms with Crippen LogP contribution in [-0.4, -0.2) is 27.8 Å². The Kier molecular flexibility index (Phi) is 3.59. The normalized spacial score (nSPS) is 12.2. The average molecular weight is 323 g/mol. The number of nitrogens with zero attached hydrogens (tertiary/aromatic N) is 3. The molecule has 7 heteroatoms. The number of esters is 1. The monoisotopic (exact) mass is 323 g/mol. The Balaban J connectivity index is 1.42. The SMILES string of the molecule is O=C(OCc1ccc2c(c1)OCO2)c1cn(-c2ccccc2)nn1. The third-order valence-electron chi connectivity index (χ3n) is 3.53. The second-order valence-corrected chi connectivity index (χ2v) is 5.15. The van der Waals surface area contributed by atoms with Crippen molar-refractivity contribution in [2.24, 2.45) is 0 Å². The lowest BCUT2D eigenvalue weighted by molar-refractivity contribution is 0.0465. The molecule has 2 aromatic carbocycles. The summed E-state index contributed by atoms with van der Waals surface area (Å²) >= 11 is 0. The Morgan fingerprint density at radius 2 is 1.96 bits per heavy atom. The number of benzene rings is 2. The lowest BCUT2D eigenvalue weighted by Gasteiger charge is -2.04. The minimum Gasteiger partial charge on any atom is -0.456 e. The van der Waals surface area contributed by atoms with Gasteiger partial charge in [0.05, 0.1) is 11.9 Å². The zero-order valence-electron chi connectivity index (χ0n) is 12.6. The summed E-state index contributed by atoms with van der Waals surface area (Å²) in [5.74, 6) is 0.810. The predicted octanol–water partition coefficient (Wildman–Crippen LogP) is 2.35. The van der Waals surface area contributed by atoms with Gasteiger partial charge in [-0.2, -0.15) is 0 Å². The first-order chi connectivity index (χ1) is 11.8. The highest BCUT2D eigenvalue weighted by molar-refractivity contribution is 5.86. The van der Waals surface area contributed by atoms with Crippen molar-refractivity contribution in [3.8, 4) is 17.2 Å². The van der Waals surface area contributed by atoms with E-state index in [1.165, 1.54) is 10.9 Å².